The summed E-state index contributed by atoms with van der Waals surface area (Å²) >= 11 is 6.01. The molecule has 0 heterocycles. The highest BCUT2D eigenvalue weighted by atomic mass is 35.5. The fraction of sp³-hybridized carbons (Fsp3) is 0.500. The molecule has 100 valence electrons. The molecule has 4 heteroatoms. The zero-order valence-corrected chi connectivity index (χ0v) is 12.1. The minimum Gasteiger partial charge on any atom is -0.398 e. The maximum Gasteiger partial charge on any atom is 0.252 e. The van der Waals surface area contributed by atoms with Crippen LogP contribution in [0.1, 0.15) is 38.1 Å². The van der Waals surface area contributed by atoms with Gasteiger partial charge in [0, 0.05) is 6.54 Å². The third-order valence-corrected chi connectivity index (χ3v) is 3.96. The third-order valence-electron chi connectivity index (χ3n) is 3.54. The number of nitrogens with two attached hydrogens (primary N) is 1. The minimum atomic E-state index is -0.180. The maximum atomic E-state index is 12.0. The van der Waals surface area contributed by atoms with Crippen LogP contribution in [-0.2, 0) is 0 Å². The molecule has 0 aliphatic carbocycles. The molecule has 1 aromatic carbocycles. The van der Waals surface area contributed by atoms with Crippen molar-refractivity contribution in [2.24, 2.45) is 11.3 Å². The van der Waals surface area contributed by atoms with Gasteiger partial charge < -0.3 is 11.1 Å². The van der Waals surface area contributed by atoms with Gasteiger partial charge in [-0.3, -0.25) is 4.79 Å². The lowest BCUT2D eigenvalue weighted by Gasteiger charge is -2.29. The molecule has 0 saturated carbocycles. The Balaban J connectivity index is 2.75. The summed E-state index contributed by atoms with van der Waals surface area (Å²) in [5.41, 5.74) is 6.57. The van der Waals surface area contributed by atoms with Crippen LogP contribution in [0, 0.1) is 11.3 Å². The van der Waals surface area contributed by atoms with Gasteiger partial charge in [0.1, 0.15) is 0 Å². The van der Waals surface area contributed by atoms with Gasteiger partial charge in [0.2, 0.25) is 0 Å². The highest BCUT2D eigenvalue weighted by molar-refractivity contribution is 6.36. The smallest absolute Gasteiger partial charge is 0.252 e. The van der Waals surface area contributed by atoms with Crippen molar-refractivity contribution in [2.75, 3.05) is 12.3 Å². The molecule has 0 aliphatic heterocycles. The van der Waals surface area contributed by atoms with Crippen LogP contribution in [0.3, 0.4) is 0 Å². The lowest BCUT2D eigenvalue weighted by molar-refractivity contribution is 0.0925. The number of halogens is 1. The molecule has 3 N–H and O–H groups in total. The van der Waals surface area contributed by atoms with Crippen molar-refractivity contribution < 1.29 is 4.79 Å². The van der Waals surface area contributed by atoms with E-state index in [1.807, 2.05) is 0 Å². The van der Waals surface area contributed by atoms with Gasteiger partial charge in [-0.1, -0.05) is 45.4 Å². The van der Waals surface area contributed by atoms with E-state index in [-0.39, 0.29) is 11.3 Å². The number of carbonyl (C=O) groups is 1. The molecule has 0 aliphatic rings. The molecule has 18 heavy (non-hydrogen) atoms. The first-order valence-corrected chi connectivity index (χ1v) is 6.45. The normalized spacial score (nSPS) is 11.7. The van der Waals surface area contributed by atoms with Gasteiger partial charge >= 0.3 is 0 Å². The molecule has 0 unspecified atom stereocenters. The van der Waals surface area contributed by atoms with Crippen molar-refractivity contribution in [3.8, 4) is 0 Å². The highest BCUT2D eigenvalue weighted by Gasteiger charge is 2.23. The summed E-state index contributed by atoms with van der Waals surface area (Å²) in [5.74, 6) is 0.301. The number of hydrogen-bond donors (Lipinski definition) is 2. The van der Waals surface area contributed by atoms with E-state index in [0.717, 1.165) is 0 Å². The van der Waals surface area contributed by atoms with Gasteiger partial charge in [0.05, 0.1) is 16.3 Å². The van der Waals surface area contributed by atoms with E-state index in [4.69, 9.17) is 17.3 Å². The van der Waals surface area contributed by atoms with Crippen molar-refractivity contribution in [3.63, 3.8) is 0 Å². The zero-order valence-electron chi connectivity index (χ0n) is 11.4. The second kappa shape index (κ2) is 5.61. The van der Waals surface area contributed by atoms with E-state index >= 15 is 0 Å². The molecule has 0 spiro atoms. The van der Waals surface area contributed by atoms with Crippen molar-refractivity contribution in [1.29, 1.82) is 0 Å². The number of nitrogens with one attached hydrogen (secondary N) is 1. The Kier molecular flexibility index (Phi) is 4.63. The first-order valence-electron chi connectivity index (χ1n) is 6.08. The quantitative estimate of drug-likeness (QED) is 0.823. The van der Waals surface area contributed by atoms with Gasteiger partial charge in [0.25, 0.3) is 5.91 Å². The fourth-order valence-electron chi connectivity index (χ4n) is 1.33. The van der Waals surface area contributed by atoms with Crippen LogP contribution < -0.4 is 11.1 Å². The van der Waals surface area contributed by atoms with E-state index in [9.17, 15) is 4.79 Å². The zero-order chi connectivity index (χ0) is 13.9. The highest BCUT2D eigenvalue weighted by Crippen LogP contribution is 2.26. The molecule has 0 radical (unpaired) electrons. The lowest BCUT2D eigenvalue weighted by Crippen LogP contribution is -2.37. The first kappa shape index (κ1) is 14.8. The van der Waals surface area contributed by atoms with E-state index in [1.54, 1.807) is 18.2 Å². The lowest BCUT2D eigenvalue weighted by atomic mass is 9.81. The maximum absolute atomic E-state index is 12.0. The van der Waals surface area contributed by atoms with Gasteiger partial charge in [-0.05, 0) is 23.5 Å². The number of benzene rings is 1. The summed E-state index contributed by atoms with van der Waals surface area (Å²) in [6, 6.07) is 5.08. The summed E-state index contributed by atoms with van der Waals surface area (Å²) in [5, 5.41) is 3.23. The molecule has 1 rings (SSSR count). The average molecular weight is 269 g/mol. The van der Waals surface area contributed by atoms with Gasteiger partial charge in [-0.2, -0.15) is 0 Å². The van der Waals surface area contributed by atoms with Crippen LogP contribution in [-0.4, -0.2) is 12.5 Å². The molecule has 0 fully saturated rings. The number of amides is 1. The van der Waals surface area contributed by atoms with Crippen molar-refractivity contribution >= 4 is 23.2 Å². The molecule has 1 aromatic rings. The predicted octanol–water partition coefficient (Wildman–Crippen LogP) is 3.33. The van der Waals surface area contributed by atoms with Crippen LogP contribution in [0.25, 0.3) is 0 Å². The number of rotatable bonds is 4. The average Bonchev–Trinajstić information content (AvgIpc) is 2.29. The molecular weight excluding hydrogens is 248 g/mol. The Labute approximate surface area is 114 Å². The molecule has 0 atom stereocenters. The molecule has 0 aromatic heterocycles. The fourth-order valence-corrected chi connectivity index (χ4v) is 1.54. The van der Waals surface area contributed by atoms with Crippen LogP contribution in [0.2, 0.25) is 5.02 Å². The van der Waals surface area contributed by atoms with E-state index in [1.165, 1.54) is 0 Å². The number of nitrogen functional groups attached to an aromatic ring is 1. The van der Waals surface area contributed by atoms with Crippen LogP contribution in [0.4, 0.5) is 5.69 Å². The van der Waals surface area contributed by atoms with E-state index < -0.39 is 0 Å². The summed E-state index contributed by atoms with van der Waals surface area (Å²) in [4.78, 5) is 12.0. The Morgan fingerprint density at radius 1 is 1.44 bits per heavy atom. The third kappa shape index (κ3) is 3.39. The summed E-state index contributed by atoms with van der Waals surface area (Å²) in [6.07, 6.45) is 0. The summed E-state index contributed by atoms with van der Waals surface area (Å²) in [6.45, 7) is 9.13. The number of hydrogen-bond acceptors (Lipinski definition) is 2. The summed E-state index contributed by atoms with van der Waals surface area (Å²) in [7, 11) is 0. The largest absolute Gasteiger partial charge is 0.398 e. The van der Waals surface area contributed by atoms with Crippen molar-refractivity contribution in [3.05, 3.63) is 28.8 Å². The monoisotopic (exact) mass is 268 g/mol. The molecule has 0 bridgehead atoms. The molecule has 3 nitrogen and oxygen atoms in total. The SMILES string of the molecule is CC(C)C(C)(C)CNC(=O)c1cccc(N)c1Cl. The topological polar surface area (TPSA) is 55.1 Å². The molecule has 0 saturated heterocycles. The van der Waals surface area contributed by atoms with Crippen LogP contribution in [0.5, 0.6) is 0 Å². The van der Waals surface area contributed by atoms with E-state index in [0.29, 0.717) is 28.7 Å². The first-order chi connectivity index (χ1) is 8.25. The van der Waals surface area contributed by atoms with Gasteiger partial charge in [-0.15, -0.1) is 0 Å². The van der Waals surface area contributed by atoms with E-state index in [2.05, 4.69) is 33.0 Å². The van der Waals surface area contributed by atoms with Gasteiger partial charge in [-0.25, -0.2) is 0 Å². The van der Waals surface area contributed by atoms with Gasteiger partial charge in [0.15, 0.2) is 0 Å². The Morgan fingerprint density at radius 3 is 2.61 bits per heavy atom. The second-order valence-corrected chi connectivity index (χ2v) is 5.91. The predicted molar refractivity (Wildman–Crippen MR) is 76.8 cm³/mol. The van der Waals surface area contributed by atoms with Crippen LogP contribution >= 0.6 is 11.6 Å². The Morgan fingerprint density at radius 2 is 2.06 bits per heavy atom. The number of anilines is 1. The molecule has 1 amide bonds. The molecular formula is C14H21ClN2O. The van der Waals surface area contributed by atoms with Crippen molar-refractivity contribution in [1.82, 2.24) is 5.32 Å². The standard InChI is InChI=1S/C14H21ClN2O/c1-9(2)14(3,4)8-17-13(18)10-6-5-7-11(16)12(10)15/h5-7,9H,8,16H2,1-4H3,(H,17,18). The Hall–Kier alpha value is -1.22. The summed E-state index contributed by atoms with van der Waals surface area (Å²) < 4.78 is 0. The van der Waals surface area contributed by atoms with Crippen LogP contribution in [0.15, 0.2) is 18.2 Å². The Bertz CT molecular complexity index is 441. The minimum absolute atomic E-state index is 0.0441. The number of carbonyl (C=O) groups excluding carboxylic acids is 1. The second-order valence-electron chi connectivity index (χ2n) is 5.53. The van der Waals surface area contributed by atoms with Crippen molar-refractivity contribution in [2.45, 2.75) is 27.7 Å².